The summed E-state index contributed by atoms with van der Waals surface area (Å²) in [6.45, 7) is 0. The second-order valence-electron chi connectivity index (χ2n) is 4.17. The van der Waals surface area contributed by atoms with E-state index in [-0.39, 0.29) is 17.9 Å². The van der Waals surface area contributed by atoms with Gasteiger partial charge in [0, 0.05) is 6.04 Å². The standard InChI is InChI=1S/C10H16N2O2/c13-9-6-8(10(14)12-9)11-7-4-2-1-3-5-7/h7-8,11H,1-6H2,(H,12,13,14). The molecule has 2 aliphatic rings. The van der Waals surface area contributed by atoms with Crippen LogP contribution in [-0.4, -0.2) is 23.9 Å². The van der Waals surface area contributed by atoms with Crippen LogP contribution >= 0.6 is 0 Å². The van der Waals surface area contributed by atoms with Crippen molar-refractivity contribution in [1.29, 1.82) is 0 Å². The van der Waals surface area contributed by atoms with Crippen LogP contribution < -0.4 is 10.6 Å². The maximum absolute atomic E-state index is 11.3. The Morgan fingerprint density at radius 3 is 2.43 bits per heavy atom. The molecular weight excluding hydrogens is 180 g/mol. The molecule has 0 aromatic heterocycles. The lowest BCUT2D eigenvalue weighted by Gasteiger charge is -2.24. The van der Waals surface area contributed by atoms with E-state index in [0.717, 1.165) is 12.8 Å². The van der Waals surface area contributed by atoms with Gasteiger partial charge in [-0.2, -0.15) is 0 Å². The summed E-state index contributed by atoms with van der Waals surface area (Å²) in [4.78, 5) is 22.2. The molecule has 2 amide bonds. The SMILES string of the molecule is O=C1CC(NC2CCCCC2)C(=O)N1. The summed E-state index contributed by atoms with van der Waals surface area (Å²) in [5.41, 5.74) is 0. The molecule has 1 heterocycles. The van der Waals surface area contributed by atoms with Gasteiger partial charge in [0.15, 0.2) is 0 Å². The van der Waals surface area contributed by atoms with Gasteiger partial charge in [-0.05, 0) is 12.8 Å². The summed E-state index contributed by atoms with van der Waals surface area (Å²) in [6.07, 6.45) is 6.36. The number of carbonyl (C=O) groups is 2. The van der Waals surface area contributed by atoms with Crippen molar-refractivity contribution in [2.45, 2.75) is 50.6 Å². The molecule has 0 spiro atoms. The van der Waals surface area contributed by atoms with E-state index in [1.165, 1.54) is 19.3 Å². The van der Waals surface area contributed by atoms with Gasteiger partial charge in [0.1, 0.15) is 0 Å². The molecule has 1 aliphatic heterocycles. The predicted molar refractivity (Wildman–Crippen MR) is 51.6 cm³/mol. The summed E-state index contributed by atoms with van der Waals surface area (Å²) in [7, 11) is 0. The fourth-order valence-corrected chi connectivity index (χ4v) is 2.24. The Kier molecular flexibility index (Phi) is 2.82. The Bertz CT molecular complexity index is 247. The van der Waals surface area contributed by atoms with Crippen molar-refractivity contribution < 1.29 is 9.59 Å². The van der Waals surface area contributed by atoms with E-state index >= 15 is 0 Å². The lowest BCUT2D eigenvalue weighted by atomic mass is 9.95. The molecule has 1 aliphatic carbocycles. The smallest absolute Gasteiger partial charge is 0.244 e. The number of hydrogen-bond acceptors (Lipinski definition) is 3. The summed E-state index contributed by atoms with van der Waals surface area (Å²) >= 11 is 0. The predicted octanol–water partition coefficient (Wildman–Crippen LogP) is 0.324. The van der Waals surface area contributed by atoms with Crippen molar-refractivity contribution in [2.75, 3.05) is 0 Å². The Labute approximate surface area is 83.4 Å². The molecule has 1 atom stereocenters. The highest BCUT2D eigenvalue weighted by molar-refractivity contribution is 6.05. The van der Waals surface area contributed by atoms with Crippen molar-refractivity contribution in [3.8, 4) is 0 Å². The molecule has 1 saturated carbocycles. The molecule has 0 aromatic rings. The average Bonchev–Trinajstić information content (AvgIpc) is 2.47. The number of amides is 2. The monoisotopic (exact) mass is 196 g/mol. The first-order valence-electron chi connectivity index (χ1n) is 5.35. The van der Waals surface area contributed by atoms with Gasteiger partial charge in [-0.3, -0.25) is 14.9 Å². The lowest BCUT2D eigenvalue weighted by molar-refractivity contribution is -0.125. The molecule has 2 rings (SSSR count). The fourth-order valence-electron chi connectivity index (χ4n) is 2.24. The first-order chi connectivity index (χ1) is 6.75. The minimum Gasteiger partial charge on any atom is -0.303 e. The van der Waals surface area contributed by atoms with Crippen LogP contribution in [0.25, 0.3) is 0 Å². The van der Waals surface area contributed by atoms with Gasteiger partial charge in [-0.15, -0.1) is 0 Å². The first-order valence-corrected chi connectivity index (χ1v) is 5.35. The van der Waals surface area contributed by atoms with E-state index in [9.17, 15) is 9.59 Å². The van der Waals surface area contributed by atoms with Crippen molar-refractivity contribution in [2.24, 2.45) is 0 Å². The van der Waals surface area contributed by atoms with Crippen molar-refractivity contribution >= 4 is 11.8 Å². The Morgan fingerprint density at radius 1 is 1.14 bits per heavy atom. The molecule has 1 unspecified atom stereocenters. The molecule has 2 fully saturated rings. The van der Waals surface area contributed by atoms with Gasteiger partial charge in [0.2, 0.25) is 11.8 Å². The van der Waals surface area contributed by atoms with Gasteiger partial charge < -0.3 is 5.32 Å². The van der Waals surface area contributed by atoms with Crippen LogP contribution in [0.3, 0.4) is 0 Å². The van der Waals surface area contributed by atoms with E-state index in [1.54, 1.807) is 0 Å². The van der Waals surface area contributed by atoms with Crippen molar-refractivity contribution in [3.05, 3.63) is 0 Å². The maximum atomic E-state index is 11.3. The van der Waals surface area contributed by atoms with Gasteiger partial charge in [0.05, 0.1) is 12.5 Å². The highest BCUT2D eigenvalue weighted by atomic mass is 16.2. The molecule has 78 valence electrons. The Balaban J connectivity index is 1.84. The lowest BCUT2D eigenvalue weighted by Crippen LogP contribution is -2.43. The van der Waals surface area contributed by atoms with Gasteiger partial charge in [0.25, 0.3) is 0 Å². The summed E-state index contributed by atoms with van der Waals surface area (Å²) in [5, 5.41) is 5.58. The topological polar surface area (TPSA) is 58.2 Å². The average molecular weight is 196 g/mol. The zero-order valence-electron chi connectivity index (χ0n) is 8.21. The van der Waals surface area contributed by atoms with Crippen LogP contribution in [0, 0.1) is 0 Å². The van der Waals surface area contributed by atoms with Crippen molar-refractivity contribution in [1.82, 2.24) is 10.6 Å². The molecule has 2 N–H and O–H groups in total. The van der Waals surface area contributed by atoms with Crippen molar-refractivity contribution in [3.63, 3.8) is 0 Å². The molecule has 4 nitrogen and oxygen atoms in total. The number of rotatable bonds is 2. The second kappa shape index (κ2) is 4.09. The van der Waals surface area contributed by atoms with E-state index in [1.807, 2.05) is 0 Å². The molecule has 4 heteroatoms. The molecule has 0 aromatic carbocycles. The number of hydrogen-bond donors (Lipinski definition) is 2. The molecule has 0 radical (unpaired) electrons. The Hall–Kier alpha value is -0.900. The summed E-state index contributed by atoms with van der Waals surface area (Å²) < 4.78 is 0. The minimum atomic E-state index is -0.273. The van der Waals surface area contributed by atoms with Crippen LogP contribution in [0.5, 0.6) is 0 Å². The largest absolute Gasteiger partial charge is 0.303 e. The van der Waals surface area contributed by atoms with E-state index in [4.69, 9.17) is 0 Å². The van der Waals surface area contributed by atoms with Gasteiger partial charge >= 0.3 is 0 Å². The first kappa shape index (κ1) is 9.65. The highest BCUT2D eigenvalue weighted by Gasteiger charge is 2.32. The number of carbonyl (C=O) groups excluding carboxylic acids is 2. The van der Waals surface area contributed by atoms with E-state index in [2.05, 4.69) is 10.6 Å². The second-order valence-corrected chi connectivity index (χ2v) is 4.17. The maximum Gasteiger partial charge on any atom is 0.244 e. The van der Waals surface area contributed by atoms with E-state index in [0.29, 0.717) is 12.5 Å². The quantitative estimate of drug-likeness (QED) is 0.625. The highest BCUT2D eigenvalue weighted by Crippen LogP contribution is 2.18. The molecule has 1 saturated heterocycles. The minimum absolute atomic E-state index is 0.150. The normalized spacial score (nSPS) is 29.3. The summed E-state index contributed by atoms with van der Waals surface area (Å²) in [5.74, 6) is -0.302. The molecule has 14 heavy (non-hydrogen) atoms. The third-order valence-corrected chi connectivity index (χ3v) is 3.01. The zero-order chi connectivity index (χ0) is 9.97. The molecular formula is C10H16N2O2. The summed E-state index contributed by atoms with van der Waals surface area (Å²) in [6, 6.07) is 0.163. The van der Waals surface area contributed by atoms with E-state index < -0.39 is 0 Å². The van der Waals surface area contributed by atoms with Crippen LogP contribution in [-0.2, 0) is 9.59 Å². The van der Waals surface area contributed by atoms with Crippen LogP contribution in [0.4, 0.5) is 0 Å². The molecule has 0 bridgehead atoms. The Morgan fingerprint density at radius 2 is 1.86 bits per heavy atom. The fraction of sp³-hybridized carbons (Fsp3) is 0.800. The zero-order valence-corrected chi connectivity index (χ0v) is 8.21. The third kappa shape index (κ3) is 2.12. The third-order valence-electron chi connectivity index (χ3n) is 3.01. The number of nitrogens with one attached hydrogen (secondary N) is 2. The van der Waals surface area contributed by atoms with Crippen LogP contribution in [0.2, 0.25) is 0 Å². The van der Waals surface area contributed by atoms with Gasteiger partial charge in [-0.1, -0.05) is 19.3 Å². The van der Waals surface area contributed by atoms with Gasteiger partial charge in [-0.25, -0.2) is 0 Å². The van der Waals surface area contributed by atoms with Crippen LogP contribution in [0.15, 0.2) is 0 Å². The van der Waals surface area contributed by atoms with Crippen LogP contribution in [0.1, 0.15) is 38.5 Å². The number of imide groups is 1.